The van der Waals surface area contributed by atoms with E-state index in [1.807, 2.05) is 24.4 Å². The normalized spacial score (nSPS) is 13.5. The van der Waals surface area contributed by atoms with Gasteiger partial charge < -0.3 is 0 Å². The summed E-state index contributed by atoms with van der Waals surface area (Å²) in [6, 6.07) is 19.6. The number of rotatable bonds is 2. The minimum atomic E-state index is 0.873. The van der Waals surface area contributed by atoms with Gasteiger partial charge in [0.25, 0.3) is 0 Å². The highest BCUT2D eigenvalue weighted by atomic mass is 15.4. The van der Waals surface area contributed by atoms with Crippen molar-refractivity contribution in [1.82, 2.24) is 15.0 Å². The number of hydrogen-bond acceptors (Lipinski definition) is 2. The summed E-state index contributed by atoms with van der Waals surface area (Å²) < 4.78 is 1.77. The van der Waals surface area contributed by atoms with E-state index in [2.05, 4.69) is 70.6 Å². The minimum absolute atomic E-state index is 0.873. The van der Waals surface area contributed by atoms with Crippen LogP contribution in [0, 0.1) is 0 Å². The van der Waals surface area contributed by atoms with Gasteiger partial charge in [0.15, 0.2) is 0 Å². The number of hydrogen-bond donors (Lipinski definition) is 0. The van der Waals surface area contributed by atoms with Crippen LogP contribution in [0.15, 0.2) is 84.8 Å². The Bertz CT molecular complexity index is 1400. The molecule has 120 valence electrons. The van der Waals surface area contributed by atoms with E-state index in [-0.39, 0.29) is 0 Å². The first-order valence-electron chi connectivity index (χ1n) is 8.61. The Morgan fingerprint density at radius 1 is 0.808 bits per heavy atom. The highest BCUT2D eigenvalue weighted by Gasteiger charge is 2.14. The van der Waals surface area contributed by atoms with Crippen LogP contribution in [0.2, 0.25) is 0 Å². The van der Waals surface area contributed by atoms with Crippen molar-refractivity contribution in [2.24, 2.45) is 0 Å². The van der Waals surface area contributed by atoms with E-state index >= 15 is 0 Å². The van der Waals surface area contributed by atoms with Gasteiger partial charge in [-0.05, 0) is 44.5 Å². The van der Waals surface area contributed by atoms with E-state index in [1.165, 1.54) is 32.3 Å². The van der Waals surface area contributed by atoms with Gasteiger partial charge in [-0.15, -0.1) is 5.10 Å². The van der Waals surface area contributed by atoms with Crippen molar-refractivity contribution in [3.8, 4) is 11.3 Å². The Kier molecular flexibility index (Phi) is 2.57. The maximum absolute atomic E-state index is 4.42. The lowest BCUT2D eigenvalue weighted by atomic mass is 9.91. The minimum Gasteiger partial charge on any atom is -0.212 e. The summed E-state index contributed by atoms with van der Waals surface area (Å²) in [5, 5.41) is 16.3. The zero-order valence-electron chi connectivity index (χ0n) is 13.8. The molecule has 1 aliphatic rings. The SMILES string of the molecule is C1=CC=CC=1n1cc(-c2ccc3ccc4cccc5ccc2c3c45)nn1. The van der Waals surface area contributed by atoms with Crippen LogP contribution in [-0.4, -0.2) is 15.0 Å². The van der Waals surface area contributed by atoms with Crippen LogP contribution in [-0.2, 0) is 0 Å². The molecule has 0 amide bonds. The van der Waals surface area contributed by atoms with Crippen molar-refractivity contribution in [2.45, 2.75) is 0 Å². The lowest BCUT2D eigenvalue weighted by Crippen LogP contribution is -1.92. The first-order valence-corrected chi connectivity index (χ1v) is 8.61. The van der Waals surface area contributed by atoms with E-state index < -0.39 is 0 Å². The molecule has 0 saturated heterocycles. The van der Waals surface area contributed by atoms with Gasteiger partial charge in [-0.3, -0.25) is 0 Å². The highest BCUT2D eigenvalue weighted by molar-refractivity contribution is 6.25. The molecule has 0 radical (unpaired) electrons. The van der Waals surface area contributed by atoms with Crippen LogP contribution in [0.5, 0.6) is 0 Å². The molecule has 3 heteroatoms. The molecule has 0 spiro atoms. The molecule has 1 heterocycles. The van der Waals surface area contributed by atoms with Gasteiger partial charge >= 0.3 is 0 Å². The molecular weight excluding hydrogens is 318 g/mol. The second kappa shape index (κ2) is 4.92. The highest BCUT2D eigenvalue weighted by Crippen LogP contribution is 2.38. The quantitative estimate of drug-likeness (QED) is 0.320. The van der Waals surface area contributed by atoms with Gasteiger partial charge in [0.1, 0.15) is 11.4 Å². The average molecular weight is 331 g/mol. The molecule has 4 aromatic carbocycles. The molecule has 26 heavy (non-hydrogen) atoms. The monoisotopic (exact) mass is 331 g/mol. The van der Waals surface area contributed by atoms with Crippen molar-refractivity contribution in [2.75, 3.05) is 0 Å². The van der Waals surface area contributed by atoms with Gasteiger partial charge in [0.2, 0.25) is 0 Å². The van der Waals surface area contributed by atoms with E-state index in [0.717, 1.165) is 17.0 Å². The molecule has 0 N–H and O–H groups in total. The van der Waals surface area contributed by atoms with E-state index in [1.54, 1.807) is 4.68 Å². The van der Waals surface area contributed by atoms with Gasteiger partial charge in [-0.25, -0.2) is 4.68 Å². The smallest absolute Gasteiger partial charge is 0.114 e. The van der Waals surface area contributed by atoms with Crippen LogP contribution >= 0.6 is 0 Å². The predicted octanol–water partition coefficient (Wildman–Crippen LogP) is 5.41. The topological polar surface area (TPSA) is 30.7 Å². The maximum Gasteiger partial charge on any atom is 0.114 e. The molecule has 3 nitrogen and oxygen atoms in total. The summed E-state index contributed by atoms with van der Waals surface area (Å²) in [6.07, 6.45) is 7.78. The third kappa shape index (κ3) is 1.78. The summed E-state index contributed by atoms with van der Waals surface area (Å²) >= 11 is 0. The molecule has 0 bridgehead atoms. The Morgan fingerprint density at radius 2 is 1.58 bits per heavy atom. The molecule has 0 atom stereocenters. The average Bonchev–Trinajstić information content (AvgIpc) is 3.37. The zero-order valence-corrected chi connectivity index (χ0v) is 13.8. The maximum atomic E-state index is 4.42. The predicted molar refractivity (Wildman–Crippen MR) is 106 cm³/mol. The first-order chi connectivity index (χ1) is 12.9. The Labute approximate surface area is 149 Å². The molecule has 1 aliphatic carbocycles. The van der Waals surface area contributed by atoms with Crippen molar-refractivity contribution in [3.63, 3.8) is 0 Å². The Balaban J connectivity index is 1.67. The van der Waals surface area contributed by atoms with Crippen LogP contribution in [0.25, 0.3) is 49.3 Å². The number of benzene rings is 4. The van der Waals surface area contributed by atoms with Crippen molar-refractivity contribution < 1.29 is 0 Å². The fourth-order valence-corrected chi connectivity index (χ4v) is 3.93. The van der Waals surface area contributed by atoms with Gasteiger partial charge in [0, 0.05) is 5.56 Å². The van der Waals surface area contributed by atoms with E-state index in [9.17, 15) is 0 Å². The first kappa shape index (κ1) is 13.6. The van der Waals surface area contributed by atoms with Crippen molar-refractivity contribution >= 4 is 38.0 Å². The summed E-state index contributed by atoms with van der Waals surface area (Å²) in [7, 11) is 0. The van der Waals surface area contributed by atoms with E-state index in [0.29, 0.717) is 0 Å². The lowest BCUT2D eigenvalue weighted by molar-refractivity contribution is 0.826. The summed E-state index contributed by atoms with van der Waals surface area (Å²) in [6.45, 7) is 0. The standard InChI is InChI=1S/C23H13N3/c1-2-7-18(6-1)26-14-21(24-25-26)19-12-10-17-9-8-15-4-3-5-16-11-13-20(19)23(17)22(15)16/h1-6,8-14H. The van der Waals surface area contributed by atoms with Crippen LogP contribution in [0.3, 0.4) is 0 Å². The summed E-state index contributed by atoms with van der Waals surface area (Å²) in [5.41, 5.74) is 6.04. The fraction of sp³-hybridized carbons (Fsp3) is 0. The second-order valence-corrected chi connectivity index (χ2v) is 6.57. The van der Waals surface area contributed by atoms with Crippen LogP contribution < -0.4 is 0 Å². The zero-order chi connectivity index (χ0) is 17.1. The number of aromatic nitrogens is 3. The second-order valence-electron chi connectivity index (χ2n) is 6.57. The van der Waals surface area contributed by atoms with Crippen molar-refractivity contribution in [3.05, 3.63) is 84.8 Å². The molecular formula is C23H13N3. The van der Waals surface area contributed by atoms with Crippen LogP contribution in [0.1, 0.15) is 0 Å². The molecule has 6 rings (SSSR count). The summed E-state index contributed by atoms with van der Waals surface area (Å²) in [4.78, 5) is 0. The third-order valence-electron chi connectivity index (χ3n) is 5.13. The summed E-state index contributed by atoms with van der Waals surface area (Å²) in [5.74, 6) is 0. The number of allylic oxidation sites excluding steroid dienone is 3. The Morgan fingerprint density at radius 3 is 2.38 bits per heavy atom. The molecule has 0 aliphatic heterocycles. The number of nitrogens with zero attached hydrogens (tertiary/aromatic N) is 3. The molecule has 5 aromatic rings. The molecule has 1 aromatic heterocycles. The van der Waals surface area contributed by atoms with Crippen molar-refractivity contribution in [1.29, 1.82) is 0 Å². The van der Waals surface area contributed by atoms with Crippen LogP contribution in [0.4, 0.5) is 0 Å². The van der Waals surface area contributed by atoms with E-state index in [4.69, 9.17) is 0 Å². The van der Waals surface area contributed by atoms with Gasteiger partial charge in [0.05, 0.1) is 6.20 Å². The van der Waals surface area contributed by atoms with Gasteiger partial charge in [-0.1, -0.05) is 71.6 Å². The lowest BCUT2D eigenvalue weighted by Gasteiger charge is -2.12. The Hall–Kier alpha value is -3.68. The third-order valence-corrected chi connectivity index (χ3v) is 5.13. The molecule has 0 unspecified atom stereocenters. The molecule has 0 saturated carbocycles. The fourth-order valence-electron chi connectivity index (χ4n) is 3.93. The van der Waals surface area contributed by atoms with Gasteiger partial charge in [-0.2, -0.15) is 0 Å². The largest absolute Gasteiger partial charge is 0.212 e. The molecule has 0 fully saturated rings.